The molecular weight excluding hydrogens is 560 g/mol. The number of carbonyl (C=O) groups excluding carboxylic acids is 3. The lowest BCUT2D eigenvalue weighted by Crippen LogP contribution is -2.49. The van der Waals surface area contributed by atoms with Crippen LogP contribution in [0.3, 0.4) is 0 Å². The minimum atomic E-state index is -0.828. The molecule has 3 aromatic carbocycles. The number of nitrogens with two attached hydrogens (primary N) is 1. The van der Waals surface area contributed by atoms with Crippen LogP contribution in [0.1, 0.15) is 76.8 Å². The van der Waals surface area contributed by atoms with Gasteiger partial charge in [-0.2, -0.15) is 0 Å². The van der Waals surface area contributed by atoms with E-state index in [1.165, 1.54) is 24.2 Å². The van der Waals surface area contributed by atoms with Gasteiger partial charge in [0.2, 0.25) is 5.91 Å². The van der Waals surface area contributed by atoms with Crippen LogP contribution in [0.4, 0.5) is 0 Å². The van der Waals surface area contributed by atoms with E-state index in [1.807, 2.05) is 48.5 Å². The van der Waals surface area contributed by atoms with Crippen LogP contribution in [0.15, 0.2) is 84.9 Å². The topological polar surface area (TPSA) is 83.7 Å². The Balaban J connectivity index is 1.02. The fourth-order valence-electron chi connectivity index (χ4n) is 7.51. The molecule has 7 heteroatoms. The van der Waals surface area contributed by atoms with Crippen LogP contribution < -0.4 is 5.73 Å². The van der Waals surface area contributed by atoms with Gasteiger partial charge >= 0.3 is 0 Å². The van der Waals surface area contributed by atoms with Crippen molar-refractivity contribution in [3.63, 3.8) is 0 Å². The molecule has 3 aromatic rings. The highest BCUT2D eigenvalue weighted by Gasteiger charge is 2.49. The van der Waals surface area contributed by atoms with Gasteiger partial charge in [0.05, 0.1) is 38.3 Å². The van der Waals surface area contributed by atoms with Crippen molar-refractivity contribution in [3.8, 4) is 0 Å². The van der Waals surface area contributed by atoms with E-state index in [0.717, 1.165) is 74.0 Å². The van der Waals surface area contributed by atoms with E-state index in [4.69, 9.17) is 5.73 Å². The van der Waals surface area contributed by atoms with Crippen LogP contribution >= 0.6 is 0 Å². The van der Waals surface area contributed by atoms with Crippen molar-refractivity contribution < 1.29 is 18.9 Å². The zero-order valence-corrected chi connectivity index (χ0v) is 27.0. The summed E-state index contributed by atoms with van der Waals surface area (Å²) in [4.78, 5) is 42.4. The Morgan fingerprint density at radius 1 is 0.733 bits per heavy atom. The maximum atomic E-state index is 13.3. The highest BCUT2D eigenvalue weighted by atomic mass is 16.2. The number of carbonyl (C=O) groups is 3. The second kappa shape index (κ2) is 14.5. The lowest BCUT2D eigenvalue weighted by molar-refractivity contribution is -0.890. The zero-order valence-electron chi connectivity index (χ0n) is 27.0. The predicted molar refractivity (Wildman–Crippen MR) is 179 cm³/mol. The third-order valence-corrected chi connectivity index (χ3v) is 9.99. The van der Waals surface area contributed by atoms with Gasteiger partial charge in [-0.1, -0.05) is 79.2 Å². The third-order valence-electron chi connectivity index (χ3n) is 9.99. The van der Waals surface area contributed by atoms with E-state index < -0.39 is 5.41 Å². The number of likely N-dealkylation sites (tertiary alicyclic amines) is 1. The van der Waals surface area contributed by atoms with Gasteiger partial charge in [0.15, 0.2) is 0 Å². The van der Waals surface area contributed by atoms with Crippen molar-refractivity contribution in [3.05, 3.63) is 107 Å². The van der Waals surface area contributed by atoms with Crippen molar-refractivity contribution >= 4 is 17.7 Å². The van der Waals surface area contributed by atoms with Crippen LogP contribution in [-0.4, -0.2) is 85.4 Å². The van der Waals surface area contributed by atoms with Crippen LogP contribution in [0, 0.1) is 5.92 Å². The normalized spacial score (nSPS) is 17.2. The SMILES string of the molecule is C[N+](C)(CCCCCCN1CCC(C(C(N)=O)(c2ccccc2)c2ccccc2)C1)CCCCN1C(=O)c2ccccc2C1=O. The summed E-state index contributed by atoms with van der Waals surface area (Å²) in [6.45, 7) is 5.55. The fraction of sp³-hybridized carbons (Fsp3) is 0.447. The molecule has 1 unspecified atom stereocenters. The van der Waals surface area contributed by atoms with Gasteiger partial charge < -0.3 is 15.1 Å². The number of primary amides is 1. The lowest BCUT2D eigenvalue weighted by atomic mass is 9.64. The summed E-state index contributed by atoms with van der Waals surface area (Å²) >= 11 is 0. The molecule has 2 aliphatic rings. The first-order valence-corrected chi connectivity index (χ1v) is 16.6. The molecule has 1 saturated heterocycles. The number of nitrogens with zero attached hydrogens (tertiary/aromatic N) is 3. The van der Waals surface area contributed by atoms with E-state index in [0.29, 0.717) is 17.7 Å². The second-order valence-corrected chi connectivity index (χ2v) is 13.5. The molecule has 0 bridgehead atoms. The Hall–Kier alpha value is -3.81. The van der Waals surface area contributed by atoms with Crippen molar-refractivity contribution in [2.24, 2.45) is 11.7 Å². The molecule has 5 rings (SSSR count). The standard InChI is InChI=1S/C38H48N4O3/c1-42(2,28-16-14-25-41-35(43)33-21-11-12-22-34(33)36(41)44)27-15-4-3-13-24-40-26-23-32(29-40)38(37(39)45,30-17-7-5-8-18-30)31-19-9-6-10-20-31/h5-12,17-22,32H,3-4,13-16,23-29H2,1-2H3,(H-,39,45)/p+1. The number of rotatable bonds is 16. The summed E-state index contributed by atoms with van der Waals surface area (Å²) in [5.74, 6) is -0.451. The summed E-state index contributed by atoms with van der Waals surface area (Å²) in [5, 5.41) is 0. The Morgan fingerprint density at radius 3 is 1.78 bits per heavy atom. The largest absolute Gasteiger partial charge is 0.369 e. The molecule has 2 heterocycles. The summed E-state index contributed by atoms with van der Waals surface area (Å²) in [6.07, 6.45) is 7.49. The molecule has 45 heavy (non-hydrogen) atoms. The van der Waals surface area contributed by atoms with Crippen molar-refractivity contribution in [2.45, 2.75) is 50.4 Å². The monoisotopic (exact) mass is 609 g/mol. The van der Waals surface area contributed by atoms with Crippen LogP contribution in [0.5, 0.6) is 0 Å². The number of amides is 3. The lowest BCUT2D eigenvalue weighted by Gasteiger charge is -2.37. The smallest absolute Gasteiger partial charge is 0.261 e. The molecule has 0 aliphatic carbocycles. The van der Waals surface area contributed by atoms with Crippen LogP contribution in [0.25, 0.3) is 0 Å². The van der Waals surface area contributed by atoms with E-state index >= 15 is 0 Å². The number of hydrogen-bond donors (Lipinski definition) is 1. The number of benzene rings is 3. The molecule has 238 valence electrons. The first kappa shape index (κ1) is 32.6. The fourth-order valence-corrected chi connectivity index (χ4v) is 7.51. The zero-order chi connectivity index (χ0) is 31.9. The molecule has 0 spiro atoms. The summed E-state index contributed by atoms with van der Waals surface area (Å²) in [7, 11) is 4.55. The van der Waals surface area contributed by atoms with Gasteiger partial charge in [0, 0.05) is 13.1 Å². The Morgan fingerprint density at radius 2 is 1.22 bits per heavy atom. The Labute approximate surface area is 268 Å². The minimum Gasteiger partial charge on any atom is -0.369 e. The number of imide groups is 1. The van der Waals surface area contributed by atoms with Crippen molar-refractivity contribution in [1.29, 1.82) is 0 Å². The van der Waals surface area contributed by atoms with Crippen LogP contribution in [0.2, 0.25) is 0 Å². The molecule has 0 radical (unpaired) electrons. The third kappa shape index (κ3) is 7.21. The molecule has 0 aromatic heterocycles. The average Bonchev–Trinajstić information content (AvgIpc) is 3.61. The Bertz CT molecular complexity index is 1380. The molecule has 2 N–H and O–H groups in total. The molecular formula is C38H49N4O3+. The van der Waals surface area contributed by atoms with Crippen molar-refractivity contribution in [2.75, 3.05) is 53.4 Å². The maximum Gasteiger partial charge on any atom is 0.261 e. The van der Waals surface area contributed by atoms with Gasteiger partial charge in [-0.25, -0.2) is 0 Å². The average molecular weight is 610 g/mol. The van der Waals surface area contributed by atoms with Crippen molar-refractivity contribution in [1.82, 2.24) is 9.80 Å². The van der Waals surface area contributed by atoms with E-state index in [-0.39, 0.29) is 23.6 Å². The van der Waals surface area contributed by atoms with E-state index in [1.54, 1.807) is 12.1 Å². The first-order chi connectivity index (χ1) is 21.7. The molecule has 3 amide bonds. The molecule has 1 atom stereocenters. The van der Waals surface area contributed by atoms with Gasteiger partial charge in [-0.05, 0) is 80.8 Å². The summed E-state index contributed by atoms with van der Waals surface area (Å²) in [6, 6.07) is 27.3. The molecule has 0 saturated carbocycles. The van der Waals surface area contributed by atoms with Gasteiger partial charge in [-0.15, -0.1) is 0 Å². The maximum absolute atomic E-state index is 13.3. The summed E-state index contributed by atoms with van der Waals surface area (Å²) < 4.78 is 0.949. The predicted octanol–water partition coefficient (Wildman–Crippen LogP) is 5.49. The van der Waals surface area contributed by atoms with E-state index in [9.17, 15) is 14.4 Å². The summed E-state index contributed by atoms with van der Waals surface area (Å²) in [5.41, 5.74) is 8.46. The first-order valence-electron chi connectivity index (χ1n) is 16.6. The highest BCUT2D eigenvalue weighted by molar-refractivity contribution is 6.21. The van der Waals surface area contributed by atoms with Gasteiger partial charge in [0.1, 0.15) is 5.41 Å². The van der Waals surface area contributed by atoms with E-state index in [2.05, 4.69) is 43.3 Å². The molecule has 7 nitrogen and oxygen atoms in total. The van der Waals surface area contributed by atoms with Gasteiger partial charge in [0.25, 0.3) is 11.8 Å². The molecule has 1 fully saturated rings. The number of fused-ring (bicyclic) bond motifs is 1. The Kier molecular flexibility index (Phi) is 10.5. The number of quaternary nitrogens is 1. The number of hydrogen-bond acceptors (Lipinski definition) is 4. The molecule has 2 aliphatic heterocycles. The van der Waals surface area contributed by atoms with Crippen LogP contribution in [-0.2, 0) is 10.2 Å². The number of unbranched alkanes of at least 4 members (excludes halogenated alkanes) is 4. The minimum absolute atomic E-state index is 0.134. The quantitative estimate of drug-likeness (QED) is 0.132. The highest BCUT2D eigenvalue weighted by Crippen LogP contribution is 2.43. The van der Waals surface area contributed by atoms with Gasteiger partial charge in [-0.3, -0.25) is 19.3 Å². The second-order valence-electron chi connectivity index (χ2n) is 13.5.